The first-order chi connectivity index (χ1) is 9.60. The second-order valence-corrected chi connectivity index (χ2v) is 5.37. The minimum atomic E-state index is -0.0661. The van der Waals surface area contributed by atoms with Gasteiger partial charge in [0.25, 0.3) is 0 Å². The molecule has 2 atom stereocenters. The van der Waals surface area contributed by atoms with Crippen molar-refractivity contribution in [1.82, 2.24) is 4.90 Å². The van der Waals surface area contributed by atoms with Crippen molar-refractivity contribution < 1.29 is 9.53 Å². The van der Waals surface area contributed by atoms with Gasteiger partial charge in [-0.25, -0.2) is 4.79 Å². The fraction of sp³-hybridized carbons (Fsp3) is 0.533. The van der Waals surface area contributed by atoms with Crippen molar-refractivity contribution in [2.24, 2.45) is 11.7 Å². The highest BCUT2D eigenvalue weighted by Crippen LogP contribution is 2.21. The topological polar surface area (TPSA) is 67.6 Å². The third-order valence-corrected chi connectivity index (χ3v) is 3.81. The van der Waals surface area contributed by atoms with Gasteiger partial charge in [-0.2, -0.15) is 0 Å². The molecule has 1 aromatic carbocycles. The van der Waals surface area contributed by atoms with Crippen LogP contribution in [0.1, 0.15) is 19.8 Å². The van der Waals surface area contributed by atoms with E-state index in [1.807, 2.05) is 36.1 Å². The molecule has 3 N–H and O–H groups in total. The van der Waals surface area contributed by atoms with E-state index in [9.17, 15) is 4.79 Å². The number of likely N-dealkylation sites (tertiary alicyclic amines) is 1. The predicted molar refractivity (Wildman–Crippen MR) is 80.0 cm³/mol. The van der Waals surface area contributed by atoms with Crippen LogP contribution in [0.25, 0.3) is 0 Å². The highest BCUT2D eigenvalue weighted by atomic mass is 16.5. The quantitative estimate of drug-likeness (QED) is 0.890. The maximum atomic E-state index is 12.3. The number of nitrogens with two attached hydrogens (primary N) is 1. The smallest absolute Gasteiger partial charge is 0.321 e. The monoisotopic (exact) mass is 277 g/mol. The number of hydrogen-bond acceptors (Lipinski definition) is 3. The summed E-state index contributed by atoms with van der Waals surface area (Å²) >= 11 is 0. The fourth-order valence-electron chi connectivity index (χ4n) is 2.53. The van der Waals surface area contributed by atoms with Crippen LogP contribution in [0.2, 0.25) is 0 Å². The van der Waals surface area contributed by atoms with E-state index in [0.29, 0.717) is 5.92 Å². The van der Waals surface area contributed by atoms with Gasteiger partial charge in [0, 0.05) is 30.9 Å². The van der Waals surface area contributed by atoms with Crippen molar-refractivity contribution in [2.75, 3.05) is 25.5 Å². The molecule has 0 spiro atoms. The van der Waals surface area contributed by atoms with E-state index in [0.717, 1.165) is 37.4 Å². The van der Waals surface area contributed by atoms with E-state index < -0.39 is 0 Å². The van der Waals surface area contributed by atoms with Crippen LogP contribution in [-0.4, -0.2) is 37.2 Å². The number of carbonyl (C=O) groups is 1. The van der Waals surface area contributed by atoms with Gasteiger partial charge in [0.2, 0.25) is 0 Å². The number of benzene rings is 1. The van der Waals surface area contributed by atoms with E-state index in [4.69, 9.17) is 10.5 Å². The molecule has 5 nitrogen and oxygen atoms in total. The van der Waals surface area contributed by atoms with Gasteiger partial charge in [-0.1, -0.05) is 6.07 Å². The molecule has 0 saturated carbocycles. The zero-order valence-electron chi connectivity index (χ0n) is 12.1. The van der Waals surface area contributed by atoms with Crippen LogP contribution in [-0.2, 0) is 0 Å². The molecule has 1 aliphatic heterocycles. The lowest BCUT2D eigenvalue weighted by Gasteiger charge is -2.34. The molecule has 2 unspecified atom stereocenters. The number of hydrogen-bond donors (Lipinski definition) is 2. The maximum Gasteiger partial charge on any atom is 0.321 e. The molecule has 1 aliphatic rings. The summed E-state index contributed by atoms with van der Waals surface area (Å²) in [7, 11) is 1.61. The van der Waals surface area contributed by atoms with Gasteiger partial charge >= 0.3 is 6.03 Å². The molecule has 5 heteroatoms. The number of ether oxygens (including phenoxy) is 1. The molecule has 1 saturated heterocycles. The van der Waals surface area contributed by atoms with Gasteiger partial charge < -0.3 is 20.7 Å². The summed E-state index contributed by atoms with van der Waals surface area (Å²) in [5, 5.41) is 2.91. The van der Waals surface area contributed by atoms with Crippen molar-refractivity contribution in [2.45, 2.75) is 25.8 Å². The van der Waals surface area contributed by atoms with Crippen LogP contribution < -0.4 is 15.8 Å². The number of carbonyl (C=O) groups excluding carboxylic acids is 1. The molecule has 1 aromatic rings. The van der Waals surface area contributed by atoms with Crippen molar-refractivity contribution in [1.29, 1.82) is 0 Å². The molecule has 2 amide bonds. The Hall–Kier alpha value is -1.75. The van der Waals surface area contributed by atoms with E-state index in [-0.39, 0.29) is 12.1 Å². The third-order valence-electron chi connectivity index (χ3n) is 3.81. The Morgan fingerprint density at radius 1 is 1.55 bits per heavy atom. The largest absolute Gasteiger partial charge is 0.497 e. The Morgan fingerprint density at radius 3 is 3.05 bits per heavy atom. The van der Waals surface area contributed by atoms with E-state index in [1.165, 1.54) is 0 Å². The second-order valence-electron chi connectivity index (χ2n) is 5.37. The van der Waals surface area contributed by atoms with Crippen LogP contribution in [0.4, 0.5) is 10.5 Å². The first kappa shape index (κ1) is 14.7. The van der Waals surface area contributed by atoms with Crippen LogP contribution in [0.3, 0.4) is 0 Å². The molecule has 0 aromatic heterocycles. The third kappa shape index (κ3) is 3.63. The van der Waals surface area contributed by atoms with Crippen molar-refractivity contribution in [3.05, 3.63) is 24.3 Å². The molecule has 0 bridgehead atoms. The zero-order chi connectivity index (χ0) is 14.5. The van der Waals surface area contributed by atoms with Gasteiger partial charge in [-0.15, -0.1) is 0 Å². The highest BCUT2D eigenvalue weighted by Gasteiger charge is 2.25. The number of anilines is 1. The standard InChI is InChI=1S/C15H23N3O2/c1-11(16)12-5-4-8-18(10-12)15(19)17-13-6-3-7-14(9-13)20-2/h3,6-7,9,11-12H,4-5,8,10,16H2,1-2H3,(H,17,19). The fourth-order valence-corrected chi connectivity index (χ4v) is 2.53. The first-order valence-corrected chi connectivity index (χ1v) is 7.05. The van der Waals surface area contributed by atoms with E-state index in [1.54, 1.807) is 7.11 Å². The highest BCUT2D eigenvalue weighted by molar-refractivity contribution is 5.89. The number of amides is 2. The van der Waals surface area contributed by atoms with Crippen LogP contribution in [0.5, 0.6) is 5.75 Å². The average molecular weight is 277 g/mol. The number of urea groups is 1. The normalized spacial score (nSPS) is 20.4. The van der Waals surface area contributed by atoms with Crippen LogP contribution in [0, 0.1) is 5.92 Å². The lowest BCUT2D eigenvalue weighted by Crippen LogP contribution is -2.46. The van der Waals surface area contributed by atoms with Gasteiger partial charge in [0.1, 0.15) is 5.75 Å². The second kappa shape index (κ2) is 6.61. The molecule has 0 radical (unpaired) electrons. The number of rotatable bonds is 3. The Balaban J connectivity index is 1.97. The molecule has 110 valence electrons. The first-order valence-electron chi connectivity index (χ1n) is 7.05. The average Bonchev–Trinajstić information content (AvgIpc) is 2.47. The summed E-state index contributed by atoms with van der Waals surface area (Å²) in [5.74, 6) is 1.12. The Bertz CT molecular complexity index is 462. The Morgan fingerprint density at radius 2 is 2.35 bits per heavy atom. The van der Waals surface area contributed by atoms with E-state index in [2.05, 4.69) is 5.32 Å². The summed E-state index contributed by atoms with van der Waals surface area (Å²) in [4.78, 5) is 14.1. The minimum Gasteiger partial charge on any atom is -0.497 e. The number of nitrogens with zero attached hydrogens (tertiary/aromatic N) is 1. The lowest BCUT2D eigenvalue weighted by atomic mass is 9.92. The summed E-state index contributed by atoms with van der Waals surface area (Å²) < 4.78 is 5.15. The lowest BCUT2D eigenvalue weighted by molar-refractivity contribution is 0.169. The summed E-state index contributed by atoms with van der Waals surface area (Å²) in [6, 6.07) is 7.43. The molecule has 1 heterocycles. The van der Waals surface area contributed by atoms with Gasteiger partial charge in [0.15, 0.2) is 0 Å². The van der Waals surface area contributed by atoms with Crippen LogP contribution in [0.15, 0.2) is 24.3 Å². The summed E-state index contributed by atoms with van der Waals surface area (Å²) in [6.07, 6.45) is 2.11. The number of piperidine rings is 1. The van der Waals surface area contributed by atoms with E-state index >= 15 is 0 Å². The number of nitrogens with one attached hydrogen (secondary N) is 1. The van der Waals surface area contributed by atoms with Crippen LogP contribution >= 0.6 is 0 Å². The van der Waals surface area contributed by atoms with Crippen molar-refractivity contribution in [3.63, 3.8) is 0 Å². The molecule has 1 fully saturated rings. The van der Waals surface area contributed by atoms with Gasteiger partial charge in [-0.05, 0) is 37.8 Å². The van der Waals surface area contributed by atoms with Gasteiger partial charge in [-0.3, -0.25) is 0 Å². The molecular formula is C15H23N3O2. The Labute approximate surface area is 120 Å². The SMILES string of the molecule is COc1cccc(NC(=O)N2CCCC(C(C)N)C2)c1. The Kier molecular flexibility index (Phi) is 4.84. The maximum absolute atomic E-state index is 12.3. The van der Waals surface area contributed by atoms with Crippen molar-refractivity contribution >= 4 is 11.7 Å². The molecule has 20 heavy (non-hydrogen) atoms. The summed E-state index contributed by atoms with van der Waals surface area (Å²) in [5.41, 5.74) is 6.69. The zero-order valence-corrected chi connectivity index (χ0v) is 12.1. The molecular weight excluding hydrogens is 254 g/mol. The molecule has 2 rings (SSSR count). The molecule has 0 aliphatic carbocycles. The minimum absolute atomic E-state index is 0.0661. The summed E-state index contributed by atoms with van der Waals surface area (Å²) in [6.45, 7) is 3.53. The van der Waals surface area contributed by atoms with Gasteiger partial charge in [0.05, 0.1) is 7.11 Å². The van der Waals surface area contributed by atoms with Crippen molar-refractivity contribution in [3.8, 4) is 5.75 Å². The predicted octanol–water partition coefficient (Wildman–Crippen LogP) is 2.29. The number of methoxy groups -OCH3 is 1.